The van der Waals surface area contributed by atoms with Crippen molar-refractivity contribution in [1.29, 1.82) is 0 Å². The molecular weight excluding hydrogens is 364 g/mol. The van der Waals surface area contributed by atoms with Gasteiger partial charge in [0.2, 0.25) is 0 Å². The smallest absolute Gasteiger partial charge is 0.126 e. The molecule has 0 aromatic heterocycles. The van der Waals surface area contributed by atoms with E-state index in [0.29, 0.717) is 17.9 Å². The minimum absolute atomic E-state index is 0.512. The number of aliphatic hydroxyl groups is 3. The predicted molar refractivity (Wildman–Crippen MR) is 106 cm³/mol. The first-order chi connectivity index (χ1) is 12.9. The van der Waals surface area contributed by atoms with Crippen molar-refractivity contribution < 1.29 is 20.1 Å². The van der Waals surface area contributed by atoms with Crippen LogP contribution in [0.25, 0.3) is 0 Å². The van der Waals surface area contributed by atoms with Crippen molar-refractivity contribution in [2.75, 3.05) is 0 Å². The van der Waals surface area contributed by atoms with E-state index in [1.807, 2.05) is 37.3 Å². The zero-order valence-electron chi connectivity index (χ0n) is 15.4. The quantitative estimate of drug-likeness (QED) is 0.685. The van der Waals surface area contributed by atoms with Gasteiger partial charge in [0.1, 0.15) is 30.0 Å². The Morgan fingerprint density at radius 2 is 1.70 bits per heavy atom. The number of hydrogen-bond donors (Lipinski definition) is 3. The molecule has 2 aromatic carbocycles. The Balaban J connectivity index is 1.86. The number of aliphatic hydroxyl groups excluding tert-OH is 3. The Kier molecular flexibility index (Phi) is 6.45. The highest BCUT2D eigenvalue weighted by Crippen LogP contribution is 2.35. The van der Waals surface area contributed by atoms with Crippen molar-refractivity contribution in [3.05, 3.63) is 76.7 Å². The van der Waals surface area contributed by atoms with Crippen LogP contribution in [-0.2, 0) is 11.2 Å². The summed E-state index contributed by atoms with van der Waals surface area (Å²) in [6.45, 7) is 5.88. The summed E-state index contributed by atoms with van der Waals surface area (Å²) in [5.41, 5.74) is 3.70. The average Bonchev–Trinajstić information content (AvgIpc) is 2.66. The van der Waals surface area contributed by atoms with Crippen LogP contribution in [0.15, 0.2) is 42.5 Å². The molecule has 0 amide bonds. The van der Waals surface area contributed by atoms with E-state index < -0.39 is 30.5 Å². The second-order valence-electron chi connectivity index (χ2n) is 7.20. The van der Waals surface area contributed by atoms with E-state index >= 15 is 0 Å². The SMILES string of the molecule is [CH2+]c1ccc(Cc2cc(C3OC(CCC)C(O)C(O)C3O)ccc2Cl)cc1. The largest absolute Gasteiger partial charge is 0.388 e. The lowest BCUT2D eigenvalue weighted by Gasteiger charge is -2.41. The highest BCUT2D eigenvalue weighted by atomic mass is 35.5. The van der Waals surface area contributed by atoms with Crippen molar-refractivity contribution in [2.45, 2.75) is 56.7 Å². The summed E-state index contributed by atoms with van der Waals surface area (Å²) in [5.74, 6) is 0. The Morgan fingerprint density at radius 1 is 1.00 bits per heavy atom. The first kappa shape index (κ1) is 20.2. The van der Waals surface area contributed by atoms with Crippen LogP contribution in [0.2, 0.25) is 5.02 Å². The minimum Gasteiger partial charge on any atom is -0.388 e. The zero-order chi connectivity index (χ0) is 19.6. The fourth-order valence-corrected chi connectivity index (χ4v) is 3.72. The molecule has 5 unspecified atom stereocenters. The molecule has 27 heavy (non-hydrogen) atoms. The molecule has 5 atom stereocenters. The van der Waals surface area contributed by atoms with Gasteiger partial charge in [0.05, 0.1) is 6.10 Å². The molecule has 1 aliphatic rings. The number of ether oxygens (including phenoxy) is 1. The number of halogens is 1. The van der Waals surface area contributed by atoms with Gasteiger partial charge in [-0.1, -0.05) is 37.1 Å². The Bertz CT molecular complexity index is 761. The molecule has 4 nitrogen and oxygen atoms in total. The number of rotatable bonds is 5. The molecule has 5 heteroatoms. The van der Waals surface area contributed by atoms with Gasteiger partial charge in [-0.2, -0.15) is 0 Å². The molecular formula is C22H26ClO4+. The lowest BCUT2D eigenvalue weighted by molar-refractivity contribution is -0.226. The van der Waals surface area contributed by atoms with Crippen LogP contribution in [0.4, 0.5) is 0 Å². The molecule has 1 aliphatic heterocycles. The summed E-state index contributed by atoms with van der Waals surface area (Å²) in [6, 6.07) is 13.4. The van der Waals surface area contributed by atoms with Gasteiger partial charge in [-0.3, -0.25) is 0 Å². The first-order valence-electron chi connectivity index (χ1n) is 9.29. The summed E-state index contributed by atoms with van der Waals surface area (Å²) >= 11 is 6.38. The molecule has 0 radical (unpaired) electrons. The van der Waals surface area contributed by atoms with Crippen molar-refractivity contribution in [2.24, 2.45) is 0 Å². The average molecular weight is 390 g/mol. The van der Waals surface area contributed by atoms with E-state index in [0.717, 1.165) is 28.7 Å². The van der Waals surface area contributed by atoms with Crippen LogP contribution in [0.5, 0.6) is 0 Å². The monoisotopic (exact) mass is 389 g/mol. The van der Waals surface area contributed by atoms with Crippen molar-refractivity contribution in [3.8, 4) is 0 Å². The van der Waals surface area contributed by atoms with Crippen molar-refractivity contribution >= 4 is 11.6 Å². The zero-order valence-corrected chi connectivity index (χ0v) is 16.1. The van der Waals surface area contributed by atoms with Gasteiger partial charge in [0, 0.05) is 30.5 Å². The normalized spacial score (nSPS) is 28.3. The molecule has 1 fully saturated rings. The lowest BCUT2D eigenvalue weighted by atomic mass is 9.88. The summed E-state index contributed by atoms with van der Waals surface area (Å²) in [6.07, 6.45) is -2.70. The Morgan fingerprint density at radius 3 is 2.37 bits per heavy atom. The molecule has 144 valence electrons. The van der Waals surface area contributed by atoms with E-state index in [1.54, 1.807) is 12.1 Å². The summed E-state index contributed by atoms with van der Waals surface area (Å²) < 4.78 is 5.96. The van der Waals surface area contributed by atoms with Gasteiger partial charge in [0.15, 0.2) is 0 Å². The third-order valence-electron chi connectivity index (χ3n) is 5.10. The molecule has 1 saturated heterocycles. The van der Waals surface area contributed by atoms with Crippen LogP contribution in [0.3, 0.4) is 0 Å². The maximum Gasteiger partial charge on any atom is 0.126 e. The first-order valence-corrected chi connectivity index (χ1v) is 9.67. The van der Waals surface area contributed by atoms with E-state index in [9.17, 15) is 15.3 Å². The van der Waals surface area contributed by atoms with E-state index in [2.05, 4.69) is 6.92 Å². The van der Waals surface area contributed by atoms with Crippen LogP contribution in [0.1, 0.15) is 48.1 Å². The molecule has 0 spiro atoms. The number of benzene rings is 2. The number of hydrogen-bond acceptors (Lipinski definition) is 4. The second-order valence-corrected chi connectivity index (χ2v) is 7.61. The van der Waals surface area contributed by atoms with E-state index in [4.69, 9.17) is 16.3 Å². The van der Waals surface area contributed by atoms with Crippen molar-refractivity contribution in [1.82, 2.24) is 0 Å². The van der Waals surface area contributed by atoms with Gasteiger partial charge >= 0.3 is 0 Å². The van der Waals surface area contributed by atoms with Gasteiger partial charge in [-0.25, -0.2) is 0 Å². The Hall–Kier alpha value is -1.56. The molecule has 0 aliphatic carbocycles. The summed E-state index contributed by atoms with van der Waals surface area (Å²) in [5, 5.41) is 31.5. The maximum atomic E-state index is 10.5. The maximum absolute atomic E-state index is 10.5. The third kappa shape index (κ3) is 4.48. The minimum atomic E-state index is -1.25. The molecule has 2 aromatic rings. The summed E-state index contributed by atoms with van der Waals surface area (Å²) in [7, 11) is 0. The van der Waals surface area contributed by atoms with Gasteiger partial charge in [0.25, 0.3) is 0 Å². The molecule has 0 saturated carbocycles. The van der Waals surface area contributed by atoms with Gasteiger partial charge < -0.3 is 20.1 Å². The second kappa shape index (κ2) is 8.63. The highest BCUT2D eigenvalue weighted by molar-refractivity contribution is 6.31. The van der Waals surface area contributed by atoms with Gasteiger partial charge in [-0.05, 0) is 41.3 Å². The van der Waals surface area contributed by atoms with Crippen LogP contribution in [0, 0.1) is 6.92 Å². The molecule has 1 heterocycles. The van der Waals surface area contributed by atoms with E-state index in [1.165, 1.54) is 0 Å². The van der Waals surface area contributed by atoms with E-state index in [-0.39, 0.29) is 0 Å². The van der Waals surface area contributed by atoms with Gasteiger partial charge in [-0.15, -0.1) is 0 Å². The molecule has 3 rings (SSSR count). The predicted octanol–water partition coefficient (Wildman–Crippen LogP) is 3.44. The van der Waals surface area contributed by atoms with Crippen LogP contribution >= 0.6 is 11.6 Å². The standard InChI is InChI=1S/C22H26ClO4/c1-3-4-18-19(24)20(25)21(26)22(27-18)15-9-10-17(23)16(12-15)11-14-7-5-13(2)6-8-14/h5-10,12,18-22,24-26H,2-4,11H2,1H3/q+1. The molecule has 0 bridgehead atoms. The van der Waals surface area contributed by atoms with Crippen LogP contribution in [-0.4, -0.2) is 39.7 Å². The fourth-order valence-electron chi connectivity index (χ4n) is 3.53. The topological polar surface area (TPSA) is 69.9 Å². The Labute approximate surface area is 165 Å². The summed E-state index contributed by atoms with van der Waals surface area (Å²) in [4.78, 5) is 0. The van der Waals surface area contributed by atoms with Crippen molar-refractivity contribution in [3.63, 3.8) is 0 Å². The van der Waals surface area contributed by atoms with Crippen LogP contribution < -0.4 is 0 Å². The lowest BCUT2D eigenvalue weighted by Crippen LogP contribution is -2.54. The fraction of sp³-hybridized carbons (Fsp3) is 0.409. The highest BCUT2D eigenvalue weighted by Gasteiger charge is 2.43. The molecule has 3 N–H and O–H groups in total. The third-order valence-corrected chi connectivity index (χ3v) is 5.47.